The molecule has 0 atom stereocenters. The zero-order valence-corrected chi connectivity index (χ0v) is 16.1. The number of carbonyl (C=O) groups excluding carboxylic acids is 2. The molecule has 2 amide bonds. The molecule has 1 fully saturated rings. The number of anilines is 2. The second kappa shape index (κ2) is 9.02. The second-order valence-corrected chi connectivity index (χ2v) is 7.36. The molecule has 0 aliphatic carbocycles. The van der Waals surface area contributed by atoms with Crippen molar-refractivity contribution in [3.63, 3.8) is 0 Å². The van der Waals surface area contributed by atoms with Crippen LogP contribution in [0.4, 0.5) is 11.4 Å². The van der Waals surface area contributed by atoms with Crippen LogP contribution in [-0.2, 0) is 16.1 Å². The molecule has 6 heteroatoms. The molecule has 2 aromatic carbocycles. The Balaban J connectivity index is 1.46. The van der Waals surface area contributed by atoms with E-state index in [1.54, 1.807) is 24.3 Å². The number of piperidine rings is 1. The van der Waals surface area contributed by atoms with E-state index in [1.165, 1.54) is 12.5 Å². The molecule has 2 aromatic rings. The van der Waals surface area contributed by atoms with E-state index in [0.29, 0.717) is 0 Å². The van der Waals surface area contributed by atoms with Crippen molar-refractivity contribution in [2.45, 2.75) is 26.3 Å². The van der Waals surface area contributed by atoms with Gasteiger partial charge >= 0.3 is 0 Å². The topological polar surface area (TPSA) is 61.4 Å². The minimum atomic E-state index is -0.114. The molecular weight excluding hydrogens is 362 g/mol. The van der Waals surface area contributed by atoms with Gasteiger partial charge in [-0.3, -0.25) is 14.5 Å². The van der Waals surface area contributed by atoms with E-state index in [1.807, 2.05) is 24.3 Å². The summed E-state index contributed by atoms with van der Waals surface area (Å²) in [6, 6.07) is 15.1. The summed E-state index contributed by atoms with van der Waals surface area (Å²) in [5.41, 5.74) is 2.70. The number of nitrogens with one attached hydrogen (secondary N) is 2. The lowest BCUT2D eigenvalue weighted by Crippen LogP contribution is -2.37. The van der Waals surface area contributed by atoms with Crippen molar-refractivity contribution >= 4 is 34.8 Å². The van der Waals surface area contributed by atoms with Gasteiger partial charge in [0.2, 0.25) is 11.8 Å². The molecule has 0 unspecified atom stereocenters. The summed E-state index contributed by atoms with van der Waals surface area (Å²) in [6.45, 7) is 4.16. The molecule has 0 spiro atoms. The standard InChI is InChI=1S/C21H24ClN3O2/c1-15(26)23-19-6-8-20(9-7-19)24-21(27)17-10-12-25(13-11-17)14-16-2-4-18(22)5-3-16/h2-9,17H,10-14H2,1H3,(H,23,26)(H,24,27). The molecule has 0 bridgehead atoms. The normalized spacial score (nSPS) is 15.3. The first-order chi connectivity index (χ1) is 13.0. The van der Waals surface area contributed by atoms with E-state index in [-0.39, 0.29) is 17.7 Å². The Kier molecular flexibility index (Phi) is 6.48. The Morgan fingerprint density at radius 1 is 0.963 bits per heavy atom. The van der Waals surface area contributed by atoms with Crippen LogP contribution in [0.1, 0.15) is 25.3 Å². The number of likely N-dealkylation sites (tertiary alicyclic amines) is 1. The van der Waals surface area contributed by atoms with Crippen LogP contribution in [0.25, 0.3) is 0 Å². The molecule has 1 aliphatic heterocycles. The van der Waals surface area contributed by atoms with Crippen LogP contribution in [0.5, 0.6) is 0 Å². The summed E-state index contributed by atoms with van der Waals surface area (Å²) in [6.07, 6.45) is 1.70. The number of hydrogen-bond acceptors (Lipinski definition) is 3. The van der Waals surface area contributed by atoms with Crippen LogP contribution in [-0.4, -0.2) is 29.8 Å². The van der Waals surface area contributed by atoms with Gasteiger partial charge < -0.3 is 10.6 Å². The van der Waals surface area contributed by atoms with E-state index < -0.39 is 0 Å². The molecule has 1 saturated heterocycles. The zero-order chi connectivity index (χ0) is 19.2. The predicted molar refractivity (Wildman–Crippen MR) is 109 cm³/mol. The van der Waals surface area contributed by atoms with Crippen molar-refractivity contribution in [3.05, 3.63) is 59.1 Å². The summed E-state index contributed by atoms with van der Waals surface area (Å²) in [5.74, 6) is -0.0212. The summed E-state index contributed by atoms with van der Waals surface area (Å²) in [4.78, 5) is 25.9. The van der Waals surface area contributed by atoms with Crippen molar-refractivity contribution < 1.29 is 9.59 Å². The maximum Gasteiger partial charge on any atom is 0.227 e. The van der Waals surface area contributed by atoms with Gasteiger partial charge in [-0.1, -0.05) is 23.7 Å². The highest BCUT2D eigenvalue weighted by Crippen LogP contribution is 2.22. The van der Waals surface area contributed by atoms with Crippen molar-refractivity contribution in [2.75, 3.05) is 23.7 Å². The molecule has 27 heavy (non-hydrogen) atoms. The number of carbonyl (C=O) groups is 2. The maximum atomic E-state index is 12.5. The molecule has 3 rings (SSSR count). The molecule has 1 aliphatic rings. The molecular formula is C21H24ClN3O2. The number of nitrogens with zero attached hydrogens (tertiary/aromatic N) is 1. The lowest BCUT2D eigenvalue weighted by atomic mass is 9.95. The molecule has 1 heterocycles. The van der Waals surface area contributed by atoms with Crippen molar-refractivity contribution in [1.29, 1.82) is 0 Å². The van der Waals surface area contributed by atoms with Crippen molar-refractivity contribution in [1.82, 2.24) is 4.90 Å². The smallest absolute Gasteiger partial charge is 0.227 e. The van der Waals surface area contributed by atoms with Gasteiger partial charge in [-0.05, 0) is 67.9 Å². The third-order valence-corrected chi connectivity index (χ3v) is 5.00. The number of halogens is 1. The van der Waals surface area contributed by atoms with Gasteiger partial charge in [-0.15, -0.1) is 0 Å². The lowest BCUT2D eigenvalue weighted by molar-refractivity contribution is -0.121. The first-order valence-electron chi connectivity index (χ1n) is 9.15. The fraction of sp³-hybridized carbons (Fsp3) is 0.333. The average molecular weight is 386 g/mol. The number of rotatable bonds is 5. The zero-order valence-electron chi connectivity index (χ0n) is 15.4. The van der Waals surface area contributed by atoms with Crippen LogP contribution in [0.3, 0.4) is 0 Å². The largest absolute Gasteiger partial charge is 0.326 e. The highest BCUT2D eigenvalue weighted by Gasteiger charge is 2.25. The van der Waals surface area contributed by atoms with Gasteiger partial charge in [0.05, 0.1) is 0 Å². The Labute approximate surface area is 164 Å². The average Bonchev–Trinajstić information content (AvgIpc) is 2.65. The minimum absolute atomic E-state index is 0.0292. The van der Waals surface area contributed by atoms with Crippen LogP contribution in [0.2, 0.25) is 5.02 Å². The highest BCUT2D eigenvalue weighted by molar-refractivity contribution is 6.30. The third kappa shape index (κ3) is 5.81. The molecule has 142 valence electrons. The van der Waals surface area contributed by atoms with E-state index in [4.69, 9.17) is 11.6 Å². The Morgan fingerprint density at radius 2 is 1.52 bits per heavy atom. The van der Waals surface area contributed by atoms with Crippen molar-refractivity contribution in [2.24, 2.45) is 5.92 Å². The quantitative estimate of drug-likeness (QED) is 0.812. The third-order valence-electron chi connectivity index (χ3n) is 4.75. The summed E-state index contributed by atoms with van der Waals surface area (Å²) < 4.78 is 0. The Morgan fingerprint density at radius 3 is 2.07 bits per heavy atom. The van der Waals surface area contributed by atoms with Gasteiger partial charge in [0.15, 0.2) is 0 Å². The highest BCUT2D eigenvalue weighted by atomic mass is 35.5. The fourth-order valence-electron chi connectivity index (χ4n) is 3.29. The SMILES string of the molecule is CC(=O)Nc1ccc(NC(=O)C2CCN(Cc3ccc(Cl)cc3)CC2)cc1. The van der Waals surface area contributed by atoms with Gasteiger partial charge in [-0.25, -0.2) is 0 Å². The van der Waals surface area contributed by atoms with E-state index in [2.05, 4.69) is 15.5 Å². The van der Waals surface area contributed by atoms with Crippen LogP contribution in [0, 0.1) is 5.92 Å². The lowest BCUT2D eigenvalue weighted by Gasteiger charge is -2.31. The summed E-state index contributed by atoms with van der Waals surface area (Å²) in [5, 5.41) is 6.44. The Bertz CT molecular complexity index is 782. The molecule has 0 radical (unpaired) electrons. The van der Waals surface area contributed by atoms with Gasteiger partial charge in [0, 0.05) is 35.8 Å². The maximum absolute atomic E-state index is 12.5. The fourth-order valence-corrected chi connectivity index (χ4v) is 3.41. The summed E-state index contributed by atoms with van der Waals surface area (Å²) >= 11 is 5.93. The monoisotopic (exact) mass is 385 g/mol. The van der Waals surface area contributed by atoms with Crippen LogP contribution < -0.4 is 10.6 Å². The number of hydrogen-bond donors (Lipinski definition) is 2. The van der Waals surface area contributed by atoms with E-state index in [9.17, 15) is 9.59 Å². The van der Waals surface area contributed by atoms with Gasteiger partial charge in [0.25, 0.3) is 0 Å². The minimum Gasteiger partial charge on any atom is -0.326 e. The first-order valence-corrected chi connectivity index (χ1v) is 9.53. The van der Waals surface area contributed by atoms with Crippen LogP contribution in [0.15, 0.2) is 48.5 Å². The molecule has 0 aromatic heterocycles. The molecule has 2 N–H and O–H groups in total. The molecule has 5 nitrogen and oxygen atoms in total. The first kappa shape index (κ1) is 19.4. The predicted octanol–water partition coefficient (Wildman–Crippen LogP) is 4.15. The van der Waals surface area contributed by atoms with Gasteiger partial charge in [-0.2, -0.15) is 0 Å². The number of benzene rings is 2. The Hall–Kier alpha value is -2.37. The number of amides is 2. The second-order valence-electron chi connectivity index (χ2n) is 6.92. The van der Waals surface area contributed by atoms with Crippen LogP contribution >= 0.6 is 11.6 Å². The van der Waals surface area contributed by atoms with Gasteiger partial charge in [0.1, 0.15) is 0 Å². The van der Waals surface area contributed by atoms with Crippen molar-refractivity contribution in [3.8, 4) is 0 Å². The van der Waals surface area contributed by atoms with E-state index >= 15 is 0 Å². The van der Waals surface area contributed by atoms with E-state index in [0.717, 1.165) is 48.9 Å². The summed E-state index contributed by atoms with van der Waals surface area (Å²) in [7, 11) is 0. The molecule has 0 saturated carbocycles.